The lowest BCUT2D eigenvalue weighted by Crippen LogP contribution is -2.15. The number of carbonyl (C=O) groups excluding carboxylic acids is 1. The van der Waals surface area contributed by atoms with Crippen molar-refractivity contribution in [3.05, 3.63) is 83.4 Å². The molecule has 3 rings (SSSR count). The molecule has 37 heavy (non-hydrogen) atoms. The molecule has 0 aromatic heterocycles. The van der Waals surface area contributed by atoms with Gasteiger partial charge in [0.1, 0.15) is 11.6 Å². The third-order valence-electron chi connectivity index (χ3n) is 4.50. The lowest BCUT2D eigenvalue weighted by Gasteiger charge is -2.14. The fraction of sp³-hybridized carbons (Fsp3) is 0.0833. The van der Waals surface area contributed by atoms with Crippen LogP contribution in [0.3, 0.4) is 0 Å². The quantitative estimate of drug-likeness (QED) is 0.142. The number of ether oxygens (including phenoxy) is 1. The number of nitrogens with two attached hydrogens (primary N) is 1. The molecule has 3 aromatic rings. The second-order valence-corrected chi connectivity index (χ2v) is 8.88. The number of carbonyl (C=O) groups is 3. The highest BCUT2D eigenvalue weighted by Crippen LogP contribution is 2.31. The Balaban J connectivity index is 0.000000877. The Morgan fingerprint density at radius 2 is 1.51 bits per heavy atom. The zero-order valence-corrected chi connectivity index (χ0v) is 20.2. The van der Waals surface area contributed by atoms with Gasteiger partial charge in [-0.2, -0.15) is 8.42 Å². The predicted molar refractivity (Wildman–Crippen MR) is 135 cm³/mol. The van der Waals surface area contributed by atoms with E-state index >= 15 is 0 Å². The van der Waals surface area contributed by atoms with E-state index in [1.165, 1.54) is 24.3 Å². The van der Waals surface area contributed by atoms with E-state index in [-0.39, 0.29) is 22.7 Å². The number of hydrogen-bond donors (Lipinski definition) is 6. The van der Waals surface area contributed by atoms with Gasteiger partial charge >= 0.3 is 11.9 Å². The average Bonchev–Trinajstić information content (AvgIpc) is 2.81. The molecule has 7 N–H and O–H groups in total. The lowest BCUT2D eigenvalue weighted by molar-refractivity contribution is -0.139. The molecule has 0 aliphatic rings. The van der Waals surface area contributed by atoms with Crippen molar-refractivity contribution in [2.75, 3.05) is 18.2 Å². The van der Waals surface area contributed by atoms with Crippen LogP contribution >= 0.6 is 0 Å². The first kappa shape index (κ1) is 28.5. The number of rotatable bonds is 8. The largest absolute Gasteiger partial charge is 0.482 e. The Morgan fingerprint density at radius 1 is 0.946 bits per heavy atom. The molecule has 194 valence electrons. The summed E-state index contributed by atoms with van der Waals surface area (Å²) in [6, 6.07) is 16.9. The van der Waals surface area contributed by atoms with Crippen molar-refractivity contribution in [3.63, 3.8) is 0 Å². The van der Waals surface area contributed by atoms with Crippen molar-refractivity contribution in [3.8, 4) is 16.9 Å². The minimum atomic E-state index is -3.67. The van der Waals surface area contributed by atoms with Crippen LogP contribution in [-0.4, -0.2) is 59.7 Å². The molecule has 12 nitrogen and oxygen atoms in total. The van der Waals surface area contributed by atoms with Crippen molar-refractivity contribution >= 4 is 39.5 Å². The summed E-state index contributed by atoms with van der Waals surface area (Å²) in [5.41, 5.74) is 7.11. The van der Waals surface area contributed by atoms with Crippen molar-refractivity contribution in [1.82, 2.24) is 0 Å². The van der Waals surface area contributed by atoms with Gasteiger partial charge in [-0.05, 0) is 59.7 Å². The summed E-state index contributed by atoms with van der Waals surface area (Å²) in [5, 5.41) is 28.5. The average molecular weight is 530 g/mol. The third kappa shape index (κ3) is 9.08. The topological polar surface area (TPSA) is 217 Å². The third-order valence-corrected chi connectivity index (χ3v) is 4.50. The van der Waals surface area contributed by atoms with Crippen LogP contribution in [0.1, 0.15) is 26.3 Å². The summed E-state index contributed by atoms with van der Waals surface area (Å²) in [5.74, 6) is -2.86. The molecule has 0 saturated carbocycles. The molecule has 0 spiro atoms. The van der Waals surface area contributed by atoms with Gasteiger partial charge in [0.2, 0.25) is 0 Å². The molecule has 0 heterocycles. The number of amidine groups is 1. The van der Waals surface area contributed by atoms with Crippen molar-refractivity contribution < 1.29 is 42.3 Å². The molecule has 0 radical (unpaired) electrons. The number of anilines is 1. The first-order valence-electron chi connectivity index (χ1n) is 10.3. The van der Waals surface area contributed by atoms with Crippen LogP contribution in [0.5, 0.6) is 5.75 Å². The van der Waals surface area contributed by atoms with E-state index < -0.39 is 34.6 Å². The van der Waals surface area contributed by atoms with E-state index in [1.807, 2.05) is 0 Å². The smallest absolute Gasteiger partial charge is 0.341 e. The molecule has 0 fully saturated rings. The summed E-state index contributed by atoms with van der Waals surface area (Å²) < 4.78 is 31.1. The molecule has 0 unspecified atom stereocenters. The summed E-state index contributed by atoms with van der Waals surface area (Å²) >= 11 is 0. The second kappa shape index (κ2) is 12.3. The number of aliphatic carboxylic acids is 1. The fourth-order valence-corrected chi connectivity index (χ4v) is 3.02. The van der Waals surface area contributed by atoms with Gasteiger partial charge in [0.15, 0.2) is 6.61 Å². The highest BCUT2D eigenvalue weighted by atomic mass is 32.2. The Kier molecular flexibility index (Phi) is 9.46. The van der Waals surface area contributed by atoms with E-state index in [1.54, 1.807) is 42.5 Å². The number of carboxylic acid groups (broad SMARTS) is 2. The summed E-state index contributed by atoms with van der Waals surface area (Å²) in [6.07, 6.45) is 0.715. The second-order valence-electron chi connectivity index (χ2n) is 7.42. The molecule has 0 aliphatic carbocycles. The molecule has 0 atom stereocenters. The van der Waals surface area contributed by atoms with Gasteiger partial charge in [-0.1, -0.05) is 18.2 Å². The Labute approximate surface area is 211 Å². The first-order chi connectivity index (χ1) is 17.3. The minimum absolute atomic E-state index is 0.00608. The normalized spacial score (nSPS) is 10.4. The van der Waals surface area contributed by atoms with Gasteiger partial charge in [-0.15, -0.1) is 0 Å². The molecule has 13 heteroatoms. The minimum Gasteiger partial charge on any atom is -0.482 e. The number of amides is 1. The van der Waals surface area contributed by atoms with Crippen molar-refractivity contribution in [2.45, 2.75) is 0 Å². The standard InChI is InChI=1S/C23H19N3O6.CH4O3S/c24-21(25)13-5-7-14(8-6-13)26-22(29)19-11-15(32-12-20(27)28)9-10-17(19)16-3-1-2-4-18(16)23(30)31;1-5(2,3)4/h1-11H,12H2,(H3,24,25)(H,26,29)(H,27,28)(H,30,31);1H3,(H,2,3,4). The van der Waals surface area contributed by atoms with E-state index in [9.17, 15) is 27.9 Å². The van der Waals surface area contributed by atoms with E-state index in [4.69, 9.17) is 25.5 Å². The fourth-order valence-electron chi connectivity index (χ4n) is 3.02. The number of benzene rings is 3. The van der Waals surface area contributed by atoms with Crippen molar-refractivity contribution in [1.29, 1.82) is 5.41 Å². The van der Waals surface area contributed by atoms with Crippen LogP contribution in [0.15, 0.2) is 66.7 Å². The number of nitrogen functional groups attached to an aromatic ring is 1. The number of nitrogens with one attached hydrogen (secondary N) is 2. The Morgan fingerprint density at radius 3 is 2.05 bits per heavy atom. The van der Waals surface area contributed by atoms with Gasteiger partial charge in [0.05, 0.1) is 17.4 Å². The summed E-state index contributed by atoms with van der Waals surface area (Å²) in [4.78, 5) is 35.6. The molecule has 0 saturated heterocycles. The van der Waals surface area contributed by atoms with Gasteiger partial charge in [0, 0.05) is 11.3 Å². The van der Waals surface area contributed by atoms with Crippen LogP contribution in [0.25, 0.3) is 11.1 Å². The van der Waals surface area contributed by atoms with Gasteiger partial charge < -0.3 is 26.0 Å². The molecular weight excluding hydrogens is 506 g/mol. The highest BCUT2D eigenvalue weighted by Gasteiger charge is 2.19. The van der Waals surface area contributed by atoms with Crippen LogP contribution in [0, 0.1) is 5.41 Å². The van der Waals surface area contributed by atoms with E-state index in [0.29, 0.717) is 28.6 Å². The highest BCUT2D eigenvalue weighted by molar-refractivity contribution is 7.85. The molecule has 1 amide bonds. The lowest BCUT2D eigenvalue weighted by atomic mass is 9.94. The Hall–Kier alpha value is -4.75. The van der Waals surface area contributed by atoms with Crippen LogP contribution in [-0.2, 0) is 14.9 Å². The number of aromatic carboxylic acids is 1. The monoisotopic (exact) mass is 529 g/mol. The maximum absolute atomic E-state index is 13.1. The Bertz CT molecular complexity index is 1430. The summed E-state index contributed by atoms with van der Waals surface area (Å²) in [6.45, 7) is -0.599. The first-order valence-corrected chi connectivity index (χ1v) is 12.1. The molecule has 0 bridgehead atoms. The SMILES string of the molecule is CS(=O)(=O)O.N=C(N)c1ccc(NC(=O)c2cc(OCC(=O)O)ccc2-c2ccccc2C(=O)O)cc1. The number of carboxylic acids is 2. The maximum Gasteiger partial charge on any atom is 0.341 e. The molecular formula is C24H23N3O9S. The molecule has 3 aromatic carbocycles. The van der Waals surface area contributed by atoms with Gasteiger partial charge in [-0.3, -0.25) is 14.8 Å². The predicted octanol–water partition coefficient (Wildman–Crippen LogP) is 2.56. The van der Waals surface area contributed by atoms with E-state index in [2.05, 4.69) is 5.32 Å². The zero-order chi connectivity index (χ0) is 27.8. The zero-order valence-electron chi connectivity index (χ0n) is 19.3. The maximum atomic E-state index is 13.1. The van der Waals surface area contributed by atoms with Gasteiger partial charge in [-0.25, -0.2) is 9.59 Å². The van der Waals surface area contributed by atoms with Crippen LogP contribution < -0.4 is 15.8 Å². The number of hydrogen-bond acceptors (Lipinski definition) is 7. The summed E-state index contributed by atoms with van der Waals surface area (Å²) in [7, 11) is -3.67. The van der Waals surface area contributed by atoms with Crippen LogP contribution in [0.4, 0.5) is 5.69 Å². The van der Waals surface area contributed by atoms with E-state index in [0.717, 1.165) is 0 Å². The van der Waals surface area contributed by atoms with Crippen LogP contribution in [0.2, 0.25) is 0 Å². The van der Waals surface area contributed by atoms with Crippen molar-refractivity contribution in [2.24, 2.45) is 5.73 Å². The molecule has 0 aliphatic heterocycles. The van der Waals surface area contributed by atoms with Gasteiger partial charge in [0.25, 0.3) is 16.0 Å².